The topological polar surface area (TPSA) is 141 Å². The van der Waals surface area contributed by atoms with E-state index < -0.39 is 16.0 Å². The van der Waals surface area contributed by atoms with Gasteiger partial charge in [-0.15, -0.1) is 0 Å². The summed E-state index contributed by atoms with van der Waals surface area (Å²) in [6.45, 7) is 1.42. The van der Waals surface area contributed by atoms with E-state index in [1.165, 1.54) is 0 Å². The molecule has 11 heteroatoms. The number of aryl methyl sites for hydroxylation is 1. The first-order valence-electron chi connectivity index (χ1n) is 11.6. The number of aliphatic carboxylic acids is 1. The van der Waals surface area contributed by atoms with E-state index in [0.717, 1.165) is 28.4 Å². The van der Waals surface area contributed by atoms with Gasteiger partial charge in [0.25, 0.3) is 0 Å². The maximum Gasteiger partial charge on any atom is 0.303 e. The number of fused-ring (bicyclic) bond motifs is 1. The van der Waals surface area contributed by atoms with E-state index in [2.05, 4.69) is 9.71 Å². The third-order valence-corrected chi connectivity index (χ3v) is 6.24. The van der Waals surface area contributed by atoms with Crippen molar-refractivity contribution >= 4 is 38.3 Å². The summed E-state index contributed by atoms with van der Waals surface area (Å²) in [6.07, 6.45) is 2.20. The molecular formula is C25H33N3O7S. The largest absolute Gasteiger partial charge is 0.492 e. The van der Waals surface area contributed by atoms with Gasteiger partial charge in [-0.05, 0) is 36.2 Å². The zero-order valence-electron chi connectivity index (χ0n) is 20.5. The van der Waals surface area contributed by atoms with E-state index >= 15 is 0 Å². The number of hydrogen-bond donors (Lipinski definition) is 4. The van der Waals surface area contributed by atoms with Crippen LogP contribution in [0.15, 0.2) is 42.5 Å². The van der Waals surface area contributed by atoms with Gasteiger partial charge in [0.15, 0.2) is 0 Å². The lowest BCUT2D eigenvalue weighted by Crippen LogP contribution is -2.32. The number of rotatable bonds is 15. The quantitative estimate of drug-likeness (QED) is 0.240. The predicted molar refractivity (Wildman–Crippen MR) is 140 cm³/mol. The second kappa shape index (κ2) is 12.6. The smallest absolute Gasteiger partial charge is 0.303 e. The molecular weight excluding hydrogens is 486 g/mol. The van der Waals surface area contributed by atoms with E-state index in [4.69, 9.17) is 14.6 Å². The van der Waals surface area contributed by atoms with Crippen LogP contribution in [-0.4, -0.2) is 75.9 Å². The second-order valence-corrected chi connectivity index (χ2v) is 10.1. The number of carboxylic acid groups (broad SMARTS) is 1. The number of hydrogen-bond acceptors (Lipinski definition) is 7. The van der Waals surface area contributed by atoms with Crippen molar-refractivity contribution in [2.45, 2.75) is 19.3 Å². The zero-order valence-corrected chi connectivity index (χ0v) is 21.3. The Hall–Kier alpha value is -3.28. The van der Waals surface area contributed by atoms with E-state index in [1.54, 1.807) is 31.4 Å². The van der Waals surface area contributed by atoms with Gasteiger partial charge in [-0.25, -0.2) is 8.42 Å². The summed E-state index contributed by atoms with van der Waals surface area (Å²) >= 11 is 0. The first kappa shape index (κ1) is 27.3. The Morgan fingerprint density at radius 2 is 1.89 bits per heavy atom. The Balaban J connectivity index is 1.74. The number of benzene rings is 2. The third-order valence-electron chi connectivity index (χ3n) is 5.65. The lowest BCUT2D eigenvalue weighted by atomic mass is 10.0. The summed E-state index contributed by atoms with van der Waals surface area (Å²) in [5, 5.41) is 19.6. The summed E-state index contributed by atoms with van der Waals surface area (Å²) in [5.74, 6) is -0.207. The van der Waals surface area contributed by atoms with Gasteiger partial charge in [-0.3, -0.25) is 9.52 Å². The van der Waals surface area contributed by atoms with Crippen LogP contribution < -0.4 is 14.4 Å². The van der Waals surface area contributed by atoms with Crippen molar-refractivity contribution in [2.24, 2.45) is 0 Å². The van der Waals surface area contributed by atoms with Gasteiger partial charge >= 0.3 is 5.97 Å². The predicted octanol–water partition coefficient (Wildman–Crippen LogP) is 2.62. The average Bonchev–Trinajstić information content (AvgIpc) is 3.16. The molecule has 3 aromatic rings. The molecule has 0 radical (unpaired) electrons. The molecule has 0 fully saturated rings. The van der Waals surface area contributed by atoms with Crippen molar-refractivity contribution in [3.05, 3.63) is 53.7 Å². The minimum absolute atomic E-state index is 0.0432. The highest BCUT2D eigenvalue weighted by Gasteiger charge is 2.15. The second-order valence-electron chi connectivity index (χ2n) is 8.38. The van der Waals surface area contributed by atoms with Crippen molar-refractivity contribution in [3.8, 4) is 5.75 Å². The number of aromatic nitrogens is 1. The molecule has 1 heterocycles. The van der Waals surface area contributed by atoms with Crippen molar-refractivity contribution in [2.75, 3.05) is 55.9 Å². The number of carboxylic acids is 1. The Morgan fingerprint density at radius 3 is 2.58 bits per heavy atom. The highest BCUT2D eigenvalue weighted by Crippen LogP contribution is 2.29. The molecule has 0 bridgehead atoms. The number of aliphatic hydroxyl groups is 1. The number of sulfonamides is 1. The van der Waals surface area contributed by atoms with Crippen LogP contribution in [-0.2, 0) is 32.4 Å². The number of nitrogens with zero attached hydrogens (tertiary/aromatic N) is 1. The minimum atomic E-state index is -3.46. The molecule has 196 valence electrons. The van der Waals surface area contributed by atoms with Crippen LogP contribution in [0.25, 0.3) is 10.9 Å². The number of nitrogens with one attached hydrogen (secondary N) is 2. The number of aromatic amines is 1. The lowest BCUT2D eigenvalue weighted by molar-refractivity contribution is -0.136. The number of anilines is 2. The molecule has 0 aliphatic rings. The van der Waals surface area contributed by atoms with Gasteiger partial charge in [0, 0.05) is 49.2 Å². The number of aliphatic hydroxyl groups excluding tert-OH is 1. The highest BCUT2D eigenvalue weighted by molar-refractivity contribution is 7.92. The van der Waals surface area contributed by atoms with Gasteiger partial charge in [-0.1, -0.05) is 12.1 Å². The van der Waals surface area contributed by atoms with Gasteiger partial charge in [-0.2, -0.15) is 0 Å². The van der Waals surface area contributed by atoms with Crippen LogP contribution >= 0.6 is 0 Å². The van der Waals surface area contributed by atoms with Crippen molar-refractivity contribution in [3.63, 3.8) is 0 Å². The summed E-state index contributed by atoms with van der Waals surface area (Å²) in [4.78, 5) is 16.3. The average molecular weight is 520 g/mol. The molecule has 0 saturated heterocycles. The third kappa shape index (κ3) is 7.61. The number of ether oxygens (including phenoxy) is 2. The molecule has 4 N–H and O–H groups in total. The fourth-order valence-electron chi connectivity index (χ4n) is 4.10. The van der Waals surface area contributed by atoms with Gasteiger partial charge in [0.1, 0.15) is 12.4 Å². The Morgan fingerprint density at radius 1 is 1.11 bits per heavy atom. The molecule has 0 amide bonds. The zero-order chi connectivity index (χ0) is 26.1. The molecule has 0 atom stereocenters. The first-order valence-corrected chi connectivity index (χ1v) is 13.5. The van der Waals surface area contributed by atoms with Crippen LogP contribution in [0.3, 0.4) is 0 Å². The van der Waals surface area contributed by atoms with Crippen LogP contribution in [0.5, 0.6) is 5.75 Å². The van der Waals surface area contributed by atoms with Gasteiger partial charge in [0.2, 0.25) is 10.0 Å². The molecule has 0 saturated carbocycles. The summed E-state index contributed by atoms with van der Waals surface area (Å²) in [7, 11) is -1.84. The molecule has 0 aliphatic heterocycles. The number of methoxy groups -OCH3 is 1. The van der Waals surface area contributed by atoms with Crippen molar-refractivity contribution in [1.82, 2.24) is 4.98 Å². The highest BCUT2D eigenvalue weighted by atomic mass is 32.2. The maximum atomic E-state index is 11.8. The molecule has 10 nitrogen and oxygen atoms in total. The monoisotopic (exact) mass is 519 g/mol. The van der Waals surface area contributed by atoms with Gasteiger partial charge < -0.3 is 29.6 Å². The number of H-pyrrole nitrogens is 1. The fourth-order valence-corrected chi connectivity index (χ4v) is 4.67. The molecule has 2 aromatic carbocycles. The van der Waals surface area contributed by atoms with E-state index in [1.807, 2.05) is 23.1 Å². The Bertz CT molecular complexity index is 1270. The molecule has 3 rings (SSSR count). The summed E-state index contributed by atoms with van der Waals surface area (Å²) in [5.41, 5.74) is 3.85. The van der Waals surface area contributed by atoms with Crippen LogP contribution in [0, 0.1) is 0 Å². The van der Waals surface area contributed by atoms with E-state index in [9.17, 15) is 18.3 Å². The van der Waals surface area contributed by atoms with E-state index in [0.29, 0.717) is 56.3 Å². The van der Waals surface area contributed by atoms with Crippen LogP contribution in [0.4, 0.5) is 11.4 Å². The van der Waals surface area contributed by atoms with Gasteiger partial charge in [0.05, 0.1) is 37.4 Å². The number of para-hydroxylation sites is 2. The van der Waals surface area contributed by atoms with E-state index in [-0.39, 0.29) is 13.0 Å². The molecule has 1 aromatic heterocycles. The molecule has 0 aliphatic carbocycles. The summed E-state index contributed by atoms with van der Waals surface area (Å²) < 4.78 is 37.2. The summed E-state index contributed by atoms with van der Waals surface area (Å²) in [6, 6.07) is 12.6. The number of carbonyl (C=O) groups is 1. The minimum Gasteiger partial charge on any atom is -0.492 e. The SMILES string of the molecule is COCCc1[nH]c2cc(OCCN(CCO)c3ccccc3NS(C)(=O)=O)ccc2c1CCC(=O)O. The normalized spacial score (nSPS) is 11.5. The molecule has 36 heavy (non-hydrogen) atoms. The lowest BCUT2D eigenvalue weighted by Gasteiger charge is -2.26. The standard InChI is InChI=1S/C25H33N3O7S/c1-34-15-11-21-19(9-10-25(30)31)20-8-7-18(17-23(20)26-21)35-16-13-28(12-14-29)24-6-4-3-5-22(24)27-36(2,32)33/h3-8,17,26-27,29H,9-16H2,1-2H3,(H,30,31). The van der Waals surface area contributed by atoms with Crippen molar-refractivity contribution in [1.29, 1.82) is 0 Å². The molecule has 0 unspecified atom stereocenters. The fraction of sp³-hybridized carbons (Fsp3) is 0.400. The Labute approximate surface area is 210 Å². The van der Waals surface area contributed by atoms with Crippen LogP contribution in [0.2, 0.25) is 0 Å². The first-order chi connectivity index (χ1) is 17.2. The van der Waals surface area contributed by atoms with Crippen molar-refractivity contribution < 1.29 is 32.9 Å². The maximum absolute atomic E-state index is 11.8. The molecule has 0 spiro atoms. The Kier molecular flexibility index (Phi) is 9.57. The van der Waals surface area contributed by atoms with Crippen LogP contribution in [0.1, 0.15) is 17.7 Å².